The van der Waals surface area contributed by atoms with Crippen LogP contribution >= 0.6 is 0 Å². The topological polar surface area (TPSA) is 55.5 Å². The minimum Gasteiger partial charge on any atom is -0.491 e. The predicted molar refractivity (Wildman–Crippen MR) is 89.8 cm³/mol. The van der Waals surface area contributed by atoms with Crippen LogP contribution in [0.25, 0.3) is 5.65 Å². The highest BCUT2D eigenvalue weighted by Crippen LogP contribution is 2.18. The van der Waals surface area contributed by atoms with E-state index in [9.17, 15) is 0 Å². The summed E-state index contributed by atoms with van der Waals surface area (Å²) in [5, 5.41) is 12.7. The smallest absolute Gasteiger partial charge is 0.178 e. The lowest BCUT2D eigenvalue weighted by molar-refractivity contribution is 0.242. The van der Waals surface area contributed by atoms with Gasteiger partial charge < -0.3 is 9.64 Å². The van der Waals surface area contributed by atoms with E-state index in [2.05, 4.69) is 32.3 Å². The molecule has 0 aliphatic heterocycles. The second-order valence-corrected chi connectivity index (χ2v) is 5.88. The summed E-state index contributed by atoms with van der Waals surface area (Å²) in [5.41, 5.74) is 1.93. The molecule has 6 nitrogen and oxygen atoms in total. The lowest BCUT2D eigenvalue weighted by Gasteiger charge is -2.19. The van der Waals surface area contributed by atoms with Crippen LogP contribution in [0.1, 0.15) is 25.2 Å². The van der Waals surface area contributed by atoms with Gasteiger partial charge in [0.2, 0.25) is 0 Å². The van der Waals surface area contributed by atoms with Crippen molar-refractivity contribution in [3.63, 3.8) is 0 Å². The average molecular weight is 311 g/mol. The Balaban J connectivity index is 1.79. The molecule has 2 aromatic heterocycles. The Morgan fingerprint density at radius 2 is 2.00 bits per heavy atom. The molecule has 0 N–H and O–H groups in total. The fourth-order valence-corrected chi connectivity index (χ4v) is 2.43. The first-order chi connectivity index (χ1) is 11.0. The van der Waals surface area contributed by atoms with Gasteiger partial charge >= 0.3 is 0 Å². The Hall–Kier alpha value is -2.63. The number of rotatable bonds is 5. The number of ether oxygens (including phenoxy) is 1. The van der Waals surface area contributed by atoms with Crippen molar-refractivity contribution < 1.29 is 4.74 Å². The van der Waals surface area contributed by atoms with E-state index < -0.39 is 0 Å². The number of aromatic nitrogens is 4. The number of hydrogen-bond acceptors (Lipinski definition) is 5. The van der Waals surface area contributed by atoms with Gasteiger partial charge in [0, 0.05) is 13.6 Å². The lowest BCUT2D eigenvalue weighted by Crippen LogP contribution is -2.19. The third-order valence-corrected chi connectivity index (χ3v) is 3.49. The number of nitrogens with zero attached hydrogens (tertiary/aromatic N) is 5. The molecule has 3 aromatic rings. The molecule has 0 radical (unpaired) electrons. The van der Waals surface area contributed by atoms with Crippen LogP contribution in [0.4, 0.5) is 5.82 Å². The summed E-state index contributed by atoms with van der Waals surface area (Å²) in [6.45, 7) is 6.69. The Kier molecular flexibility index (Phi) is 4.14. The van der Waals surface area contributed by atoms with E-state index in [0.717, 1.165) is 29.6 Å². The zero-order valence-electron chi connectivity index (χ0n) is 13.9. The average Bonchev–Trinajstić information content (AvgIpc) is 2.88. The number of aryl methyl sites for hydroxylation is 1. The maximum absolute atomic E-state index is 5.75. The Bertz CT molecular complexity index is 812. The zero-order valence-corrected chi connectivity index (χ0v) is 13.9. The van der Waals surface area contributed by atoms with Crippen molar-refractivity contribution in [3.05, 3.63) is 47.8 Å². The van der Waals surface area contributed by atoms with Gasteiger partial charge in [-0.1, -0.05) is 12.1 Å². The third-order valence-electron chi connectivity index (χ3n) is 3.49. The minimum absolute atomic E-state index is 0.170. The molecule has 23 heavy (non-hydrogen) atoms. The maximum Gasteiger partial charge on any atom is 0.178 e. The van der Waals surface area contributed by atoms with Gasteiger partial charge in [0.25, 0.3) is 0 Å². The molecule has 0 saturated carbocycles. The molecule has 0 amide bonds. The quantitative estimate of drug-likeness (QED) is 0.725. The predicted octanol–water partition coefficient (Wildman–Crippen LogP) is 2.86. The highest BCUT2D eigenvalue weighted by molar-refractivity contribution is 5.46. The molecule has 0 aliphatic carbocycles. The molecule has 0 spiro atoms. The van der Waals surface area contributed by atoms with Gasteiger partial charge in [-0.3, -0.25) is 0 Å². The van der Waals surface area contributed by atoms with Crippen LogP contribution in [-0.4, -0.2) is 33.0 Å². The highest BCUT2D eigenvalue weighted by atomic mass is 16.5. The van der Waals surface area contributed by atoms with Gasteiger partial charge in [0.05, 0.1) is 6.10 Å². The molecule has 2 heterocycles. The summed E-state index contributed by atoms with van der Waals surface area (Å²) in [7, 11) is 2.02. The fraction of sp³-hybridized carbons (Fsp3) is 0.353. The highest BCUT2D eigenvalue weighted by Gasteiger charge is 2.08. The van der Waals surface area contributed by atoms with Gasteiger partial charge in [-0.25, -0.2) is 0 Å². The molecule has 120 valence electrons. The molecule has 0 aliphatic rings. The van der Waals surface area contributed by atoms with E-state index in [1.54, 1.807) is 4.52 Å². The molecule has 0 fully saturated rings. The van der Waals surface area contributed by atoms with E-state index in [0.29, 0.717) is 0 Å². The first-order valence-electron chi connectivity index (χ1n) is 7.69. The summed E-state index contributed by atoms with van der Waals surface area (Å²) in [6.07, 6.45) is 0.170. The summed E-state index contributed by atoms with van der Waals surface area (Å²) in [4.78, 5) is 2.09. The van der Waals surface area contributed by atoms with Gasteiger partial charge in [-0.15, -0.1) is 15.3 Å². The van der Waals surface area contributed by atoms with E-state index in [1.165, 1.54) is 5.56 Å². The third kappa shape index (κ3) is 3.41. The molecule has 3 rings (SSSR count). The van der Waals surface area contributed by atoms with Crippen molar-refractivity contribution in [1.29, 1.82) is 0 Å². The van der Waals surface area contributed by atoms with Crippen molar-refractivity contribution in [2.45, 2.75) is 33.4 Å². The molecule has 0 bridgehead atoms. The molecular weight excluding hydrogens is 290 g/mol. The van der Waals surface area contributed by atoms with Crippen LogP contribution in [0, 0.1) is 6.92 Å². The fourth-order valence-electron chi connectivity index (χ4n) is 2.43. The van der Waals surface area contributed by atoms with Gasteiger partial charge in [-0.05, 0) is 50.6 Å². The van der Waals surface area contributed by atoms with E-state index in [1.807, 2.05) is 52.1 Å². The largest absolute Gasteiger partial charge is 0.491 e. The van der Waals surface area contributed by atoms with Crippen molar-refractivity contribution in [2.24, 2.45) is 0 Å². The Morgan fingerprint density at radius 1 is 1.17 bits per heavy atom. The van der Waals surface area contributed by atoms with Crippen molar-refractivity contribution >= 4 is 11.5 Å². The SMILES string of the molecule is Cc1nnc2ccc(N(C)Cc3cccc(OC(C)C)c3)nn12. The standard InChI is InChI=1S/C17H21N5O/c1-12(2)23-15-7-5-6-14(10-15)11-21(4)17-9-8-16-19-18-13(3)22(16)20-17/h5-10,12H,11H2,1-4H3. The lowest BCUT2D eigenvalue weighted by atomic mass is 10.2. The Labute approximate surface area is 135 Å². The van der Waals surface area contributed by atoms with Crippen LogP contribution in [0.5, 0.6) is 5.75 Å². The van der Waals surface area contributed by atoms with Crippen molar-refractivity contribution in [2.75, 3.05) is 11.9 Å². The maximum atomic E-state index is 5.75. The monoisotopic (exact) mass is 311 g/mol. The van der Waals surface area contributed by atoms with Crippen LogP contribution in [-0.2, 0) is 6.54 Å². The number of hydrogen-bond donors (Lipinski definition) is 0. The van der Waals surface area contributed by atoms with E-state index >= 15 is 0 Å². The van der Waals surface area contributed by atoms with Gasteiger partial charge in [0.15, 0.2) is 11.5 Å². The summed E-state index contributed by atoms with van der Waals surface area (Å²) in [6, 6.07) is 12.0. The number of anilines is 1. The first-order valence-corrected chi connectivity index (χ1v) is 7.69. The minimum atomic E-state index is 0.170. The normalized spacial score (nSPS) is 11.2. The molecule has 0 atom stereocenters. The molecule has 6 heteroatoms. The van der Waals surface area contributed by atoms with Gasteiger partial charge in [-0.2, -0.15) is 4.52 Å². The molecule has 1 aromatic carbocycles. The van der Waals surface area contributed by atoms with Crippen LogP contribution in [0.3, 0.4) is 0 Å². The van der Waals surface area contributed by atoms with Crippen molar-refractivity contribution in [1.82, 2.24) is 19.8 Å². The number of benzene rings is 1. The van der Waals surface area contributed by atoms with E-state index in [-0.39, 0.29) is 6.10 Å². The zero-order chi connectivity index (χ0) is 16.4. The van der Waals surface area contributed by atoms with Crippen LogP contribution < -0.4 is 9.64 Å². The summed E-state index contributed by atoms with van der Waals surface area (Å²) >= 11 is 0. The van der Waals surface area contributed by atoms with Crippen LogP contribution in [0.2, 0.25) is 0 Å². The molecular formula is C17H21N5O. The Morgan fingerprint density at radius 3 is 2.78 bits per heavy atom. The number of fused-ring (bicyclic) bond motifs is 1. The van der Waals surface area contributed by atoms with E-state index in [4.69, 9.17) is 4.74 Å². The van der Waals surface area contributed by atoms with Crippen molar-refractivity contribution in [3.8, 4) is 5.75 Å². The van der Waals surface area contributed by atoms with Gasteiger partial charge in [0.1, 0.15) is 11.6 Å². The molecule has 0 unspecified atom stereocenters. The first kappa shape index (κ1) is 15.3. The second kappa shape index (κ2) is 6.24. The summed E-state index contributed by atoms with van der Waals surface area (Å²) < 4.78 is 7.50. The van der Waals surface area contributed by atoms with Crippen LogP contribution in [0.15, 0.2) is 36.4 Å². The summed E-state index contributed by atoms with van der Waals surface area (Å²) in [5.74, 6) is 2.54. The second-order valence-electron chi connectivity index (χ2n) is 5.88. The molecule has 0 saturated heterocycles.